The largest absolute Gasteiger partial charge is 0.299 e. The zero-order chi connectivity index (χ0) is 23.4. The molecule has 0 aromatic heterocycles. The molecule has 0 saturated carbocycles. The topological polar surface area (TPSA) is 23.6 Å². The zero-order valence-electron chi connectivity index (χ0n) is 21.9. The SMILES string of the molecule is CSCC(C)(CCC(C)(C)N1CCC(CC(C)SC)C1)C(=O)C1CCN(C(C)(C)C)C1. The Bertz CT molecular complexity index is 588. The minimum Gasteiger partial charge on any atom is -0.299 e. The Morgan fingerprint density at radius 3 is 2.16 bits per heavy atom. The molecule has 0 spiro atoms. The van der Waals surface area contributed by atoms with E-state index in [1.165, 1.54) is 25.9 Å². The van der Waals surface area contributed by atoms with Crippen LogP contribution < -0.4 is 0 Å². The van der Waals surface area contributed by atoms with Gasteiger partial charge in [0, 0.05) is 46.5 Å². The molecule has 0 aliphatic carbocycles. The van der Waals surface area contributed by atoms with E-state index in [-0.39, 0.29) is 22.4 Å². The fourth-order valence-corrected chi connectivity index (χ4v) is 6.93. The molecule has 4 unspecified atom stereocenters. The Morgan fingerprint density at radius 1 is 0.968 bits per heavy atom. The van der Waals surface area contributed by atoms with Gasteiger partial charge in [0.05, 0.1) is 0 Å². The Labute approximate surface area is 202 Å². The molecule has 4 atom stereocenters. The summed E-state index contributed by atoms with van der Waals surface area (Å²) < 4.78 is 0. The van der Waals surface area contributed by atoms with Crippen molar-refractivity contribution in [3.8, 4) is 0 Å². The number of hydrogen-bond acceptors (Lipinski definition) is 5. The molecule has 2 heterocycles. The van der Waals surface area contributed by atoms with E-state index in [9.17, 15) is 4.79 Å². The van der Waals surface area contributed by atoms with Gasteiger partial charge >= 0.3 is 0 Å². The number of Topliss-reactive ketones (excluding diaryl/α,β-unsaturated/α-hetero) is 1. The highest BCUT2D eigenvalue weighted by Gasteiger charge is 2.43. The van der Waals surface area contributed by atoms with Gasteiger partial charge in [-0.2, -0.15) is 23.5 Å². The van der Waals surface area contributed by atoms with E-state index in [4.69, 9.17) is 0 Å². The van der Waals surface area contributed by atoms with E-state index in [1.807, 2.05) is 23.5 Å². The monoisotopic (exact) mass is 470 g/mol. The van der Waals surface area contributed by atoms with Crippen molar-refractivity contribution < 1.29 is 4.79 Å². The number of hydrogen-bond donors (Lipinski definition) is 0. The molecule has 0 amide bonds. The molecule has 2 rings (SSSR count). The van der Waals surface area contributed by atoms with E-state index < -0.39 is 0 Å². The fraction of sp³-hybridized carbons (Fsp3) is 0.962. The van der Waals surface area contributed by atoms with Crippen LogP contribution >= 0.6 is 23.5 Å². The highest BCUT2D eigenvalue weighted by Crippen LogP contribution is 2.39. The van der Waals surface area contributed by atoms with Gasteiger partial charge in [-0.05, 0) is 98.2 Å². The third-order valence-electron chi connectivity index (χ3n) is 8.06. The van der Waals surface area contributed by atoms with Crippen LogP contribution in [0.5, 0.6) is 0 Å². The Morgan fingerprint density at radius 2 is 1.61 bits per heavy atom. The van der Waals surface area contributed by atoms with Crippen LogP contribution in [-0.4, -0.2) is 76.4 Å². The second-order valence-corrected chi connectivity index (χ2v) is 14.3. The Kier molecular flexibility index (Phi) is 9.90. The van der Waals surface area contributed by atoms with Gasteiger partial charge in [0.2, 0.25) is 0 Å². The smallest absolute Gasteiger partial charge is 0.143 e. The summed E-state index contributed by atoms with van der Waals surface area (Å²) in [5.74, 6) is 2.52. The van der Waals surface area contributed by atoms with Crippen LogP contribution in [0.25, 0.3) is 0 Å². The Balaban J connectivity index is 1.98. The maximum atomic E-state index is 13.7. The summed E-state index contributed by atoms with van der Waals surface area (Å²) >= 11 is 3.84. The molecule has 2 fully saturated rings. The van der Waals surface area contributed by atoms with Crippen molar-refractivity contribution in [3.05, 3.63) is 0 Å². The summed E-state index contributed by atoms with van der Waals surface area (Å²) in [6.07, 6.45) is 10.2. The van der Waals surface area contributed by atoms with Gasteiger partial charge in [0.15, 0.2) is 0 Å². The predicted molar refractivity (Wildman–Crippen MR) is 142 cm³/mol. The van der Waals surface area contributed by atoms with Crippen molar-refractivity contribution in [2.45, 2.75) is 96.9 Å². The van der Waals surface area contributed by atoms with Gasteiger partial charge in [0.25, 0.3) is 0 Å². The van der Waals surface area contributed by atoms with E-state index >= 15 is 0 Å². The fourth-order valence-electron chi connectivity index (χ4n) is 5.54. The zero-order valence-corrected chi connectivity index (χ0v) is 23.6. The van der Waals surface area contributed by atoms with Crippen LogP contribution in [0, 0.1) is 17.3 Å². The summed E-state index contributed by atoms with van der Waals surface area (Å²) in [7, 11) is 0. The van der Waals surface area contributed by atoms with Gasteiger partial charge in [-0.1, -0.05) is 13.8 Å². The molecule has 0 bridgehead atoms. The molecule has 0 aromatic carbocycles. The molecule has 0 N–H and O–H groups in total. The lowest BCUT2D eigenvalue weighted by atomic mass is 9.75. The van der Waals surface area contributed by atoms with Crippen molar-refractivity contribution in [1.82, 2.24) is 9.80 Å². The van der Waals surface area contributed by atoms with Crippen molar-refractivity contribution >= 4 is 29.3 Å². The van der Waals surface area contributed by atoms with Gasteiger partial charge in [-0.15, -0.1) is 0 Å². The second kappa shape index (κ2) is 11.1. The van der Waals surface area contributed by atoms with Gasteiger partial charge < -0.3 is 0 Å². The Hall–Kier alpha value is 0.290. The molecular formula is C26H50N2OS2. The van der Waals surface area contributed by atoms with E-state index in [2.05, 4.69) is 70.8 Å². The first kappa shape index (κ1) is 27.5. The van der Waals surface area contributed by atoms with Crippen LogP contribution in [0.2, 0.25) is 0 Å². The highest BCUT2D eigenvalue weighted by molar-refractivity contribution is 7.99. The molecule has 0 radical (unpaired) electrons. The molecule has 182 valence electrons. The molecule has 3 nitrogen and oxygen atoms in total. The normalized spacial score (nSPS) is 26.9. The van der Waals surface area contributed by atoms with E-state index in [0.29, 0.717) is 5.78 Å². The third kappa shape index (κ3) is 7.39. The molecule has 0 aromatic rings. The van der Waals surface area contributed by atoms with Crippen LogP contribution in [0.1, 0.15) is 80.6 Å². The lowest BCUT2D eigenvalue weighted by Crippen LogP contribution is -2.45. The number of rotatable bonds is 11. The quantitative estimate of drug-likeness (QED) is 0.365. The third-order valence-corrected chi connectivity index (χ3v) is 9.99. The number of nitrogens with zero attached hydrogens (tertiary/aromatic N) is 2. The standard InChI is InChI=1S/C26H50N2OS2/c1-20(31-9)16-21-10-14-28(17-21)25(5,6)12-13-26(7,19-30-8)23(29)22-11-15-27(18-22)24(2,3)4/h20-22H,10-19H2,1-9H3. The summed E-state index contributed by atoms with van der Waals surface area (Å²) in [6, 6.07) is 0. The van der Waals surface area contributed by atoms with Gasteiger partial charge in [-0.25, -0.2) is 0 Å². The van der Waals surface area contributed by atoms with Crippen LogP contribution in [0.3, 0.4) is 0 Å². The van der Waals surface area contributed by atoms with Crippen molar-refractivity contribution in [1.29, 1.82) is 0 Å². The molecule has 5 heteroatoms. The summed E-state index contributed by atoms with van der Waals surface area (Å²) in [4.78, 5) is 18.9. The van der Waals surface area contributed by atoms with Crippen molar-refractivity contribution in [3.63, 3.8) is 0 Å². The molecule has 2 saturated heterocycles. The first-order chi connectivity index (χ1) is 14.3. The maximum Gasteiger partial charge on any atom is 0.143 e. The van der Waals surface area contributed by atoms with Crippen molar-refractivity contribution in [2.24, 2.45) is 17.3 Å². The maximum absolute atomic E-state index is 13.7. The van der Waals surface area contributed by atoms with Crippen molar-refractivity contribution in [2.75, 3.05) is 44.4 Å². The number of likely N-dealkylation sites (tertiary alicyclic amines) is 2. The first-order valence-corrected chi connectivity index (χ1v) is 15.1. The van der Waals surface area contributed by atoms with Crippen LogP contribution in [0.4, 0.5) is 0 Å². The lowest BCUT2D eigenvalue weighted by Gasteiger charge is -2.39. The van der Waals surface area contributed by atoms with Crippen LogP contribution in [-0.2, 0) is 4.79 Å². The number of carbonyl (C=O) groups is 1. The van der Waals surface area contributed by atoms with E-state index in [1.54, 1.807) is 0 Å². The summed E-state index contributed by atoms with van der Waals surface area (Å²) in [5.41, 5.74) is 0.124. The van der Waals surface area contributed by atoms with Gasteiger partial charge in [0.1, 0.15) is 5.78 Å². The average Bonchev–Trinajstić information content (AvgIpc) is 3.36. The number of carbonyl (C=O) groups excluding carboxylic acids is 1. The molecule has 31 heavy (non-hydrogen) atoms. The lowest BCUT2D eigenvalue weighted by molar-refractivity contribution is -0.131. The average molecular weight is 471 g/mol. The summed E-state index contributed by atoms with van der Waals surface area (Å²) in [5, 5.41) is 0.759. The summed E-state index contributed by atoms with van der Waals surface area (Å²) in [6.45, 7) is 20.7. The minimum atomic E-state index is -0.207. The van der Waals surface area contributed by atoms with Gasteiger partial charge in [-0.3, -0.25) is 14.6 Å². The molecular weight excluding hydrogens is 420 g/mol. The van der Waals surface area contributed by atoms with E-state index in [0.717, 1.165) is 49.3 Å². The number of thioether (sulfide) groups is 2. The second-order valence-electron chi connectivity index (χ2n) is 12.2. The highest BCUT2D eigenvalue weighted by atomic mass is 32.2. The van der Waals surface area contributed by atoms with Crippen LogP contribution in [0.15, 0.2) is 0 Å². The molecule has 2 aliphatic heterocycles. The minimum absolute atomic E-state index is 0.160. The number of ketones is 1. The predicted octanol–water partition coefficient (Wildman–Crippen LogP) is 6.07. The first-order valence-electron chi connectivity index (χ1n) is 12.4. The molecule has 2 aliphatic rings.